The van der Waals surface area contributed by atoms with Crippen molar-refractivity contribution in [3.63, 3.8) is 0 Å². The largest absolute Gasteiger partial charge is 0.497 e. The van der Waals surface area contributed by atoms with E-state index in [1.54, 1.807) is 13.3 Å². The lowest BCUT2D eigenvalue weighted by atomic mass is 9.96. The quantitative estimate of drug-likeness (QED) is 0.809. The van der Waals surface area contributed by atoms with Crippen molar-refractivity contribution < 1.29 is 9.47 Å². The molecule has 5 rings (SSSR count). The number of nitrogens with zero attached hydrogens (tertiary/aromatic N) is 2. The number of aromatic nitrogens is 1. The number of hydrogen-bond donors (Lipinski definition) is 0. The second-order valence-corrected chi connectivity index (χ2v) is 7.74. The Morgan fingerprint density at radius 3 is 3.12 bits per heavy atom. The highest BCUT2D eigenvalue weighted by Crippen LogP contribution is 2.44. The van der Waals surface area contributed by atoms with Crippen molar-refractivity contribution in [2.45, 2.75) is 31.3 Å². The second kappa shape index (κ2) is 6.29. The van der Waals surface area contributed by atoms with Crippen LogP contribution in [0.3, 0.4) is 0 Å². The summed E-state index contributed by atoms with van der Waals surface area (Å²) in [5, 5.41) is 0.732. The van der Waals surface area contributed by atoms with Crippen molar-refractivity contribution in [1.29, 1.82) is 0 Å². The van der Waals surface area contributed by atoms with E-state index < -0.39 is 0 Å². The first-order chi connectivity index (χ1) is 12.7. The first kappa shape index (κ1) is 16.2. The smallest absolute Gasteiger partial charge is 0.127 e. The van der Waals surface area contributed by atoms with Gasteiger partial charge in [0.15, 0.2) is 0 Å². The van der Waals surface area contributed by atoms with E-state index in [0.29, 0.717) is 18.7 Å². The Kier molecular flexibility index (Phi) is 3.91. The average Bonchev–Trinajstić information content (AvgIpc) is 2.94. The number of pyridine rings is 1. The number of halogens is 1. The van der Waals surface area contributed by atoms with Gasteiger partial charge in [-0.1, -0.05) is 11.6 Å². The lowest BCUT2D eigenvalue weighted by molar-refractivity contribution is 0.185. The van der Waals surface area contributed by atoms with E-state index in [-0.39, 0.29) is 0 Å². The topological polar surface area (TPSA) is 34.6 Å². The maximum absolute atomic E-state index is 6.21. The van der Waals surface area contributed by atoms with E-state index in [0.717, 1.165) is 35.1 Å². The zero-order valence-corrected chi connectivity index (χ0v) is 15.5. The fourth-order valence-corrected chi connectivity index (χ4v) is 4.72. The van der Waals surface area contributed by atoms with Gasteiger partial charge >= 0.3 is 0 Å². The molecule has 1 aromatic carbocycles. The molecular formula is C21H21ClN2O2. The van der Waals surface area contributed by atoms with Crippen LogP contribution in [0.15, 0.2) is 36.0 Å². The van der Waals surface area contributed by atoms with Crippen molar-refractivity contribution >= 4 is 17.7 Å². The highest BCUT2D eigenvalue weighted by atomic mass is 35.5. The second-order valence-electron chi connectivity index (χ2n) is 7.31. The third kappa shape index (κ3) is 2.68. The van der Waals surface area contributed by atoms with E-state index in [4.69, 9.17) is 21.1 Å². The summed E-state index contributed by atoms with van der Waals surface area (Å²) in [6.45, 7) is 1.58. The number of ether oxygens (including phenoxy) is 2. The molecule has 2 unspecified atom stereocenters. The van der Waals surface area contributed by atoms with Crippen LogP contribution in [0.1, 0.15) is 35.7 Å². The molecule has 134 valence electrons. The number of benzene rings is 1. The van der Waals surface area contributed by atoms with Crippen LogP contribution in [0.4, 0.5) is 0 Å². The predicted molar refractivity (Wildman–Crippen MR) is 102 cm³/mol. The normalized spacial score (nSPS) is 23.7. The van der Waals surface area contributed by atoms with Gasteiger partial charge in [0, 0.05) is 42.5 Å². The van der Waals surface area contributed by atoms with E-state index in [2.05, 4.69) is 22.0 Å². The summed E-state index contributed by atoms with van der Waals surface area (Å²) in [6.07, 6.45) is 7.45. The van der Waals surface area contributed by atoms with Gasteiger partial charge in [0.2, 0.25) is 0 Å². The maximum atomic E-state index is 6.21. The third-order valence-corrected chi connectivity index (χ3v) is 5.98. The van der Waals surface area contributed by atoms with Crippen LogP contribution in [-0.4, -0.2) is 36.2 Å². The molecule has 1 aromatic heterocycles. The Labute approximate surface area is 158 Å². The van der Waals surface area contributed by atoms with Crippen LogP contribution < -0.4 is 9.47 Å². The van der Waals surface area contributed by atoms with Crippen LogP contribution in [0, 0.1) is 0 Å². The Hall–Kier alpha value is -2.04. The Morgan fingerprint density at radius 1 is 1.31 bits per heavy atom. The molecule has 0 spiro atoms. The zero-order chi connectivity index (χ0) is 17.7. The van der Waals surface area contributed by atoms with Gasteiger partial charge < -0.3 is 9.47 Å². The predicted octanol–water partition coefficient (Wildman–Crippen LogP) is 4.28. The molecule has 4 heterocycles. The van der Waals surface area contributed by atoms with Crippen LogP contribution in [-0.2, 0) is 6.42 Å². The Bertz CT molecular complexity index is 896. The van der Waals surface area contributed by atoms with Crippen molar-refractivity contribution in [1.82, 2.24) is 9.88 Å². The molecule has 3 aliphatic heterocycles. The van der Waals surface area contributed by atoms with E-state index in [1.165, 1.54) is 29.7 Å². The number of rotatable bonds is 3. The zero-order valence-electron chi connectivity index (χ0n) is 14.7. The van der Waals surface area contributed by atoms with Gasteiger partial charge in [0.05, 0.1) is 12.1 Å². The standard InChI is InChI=1S/C21H21ClN2O2/c1-25-17-3-5-21-14(7-17)6-13(12-26-21)11-24-16-2-4-20(24)18-8-15(22)10-23-19(18)9-16/h3,5-8,10,16,20H,2,4,9,11-12H2,1H3. The van der Waals surface area contributed by atoms with Gasteiger partial charge in [0.1, 0.15) is 18.1 Å². The number of hydrogen-bond acceptors (Lipinski definition) is 4. The summed E-state index contributed by atoms with van der Waals surface area (Å²) in [5.41, 5.74) is 4.94. The fourth-order valence-electron chi connectivity index (χ4n) is 4.55. The molecular weight excluding hydrogens is 348 g/mol. The minimum Gasteiger partial charge on any atom is -0.497 e. The fraction of sp³-hybridized carbons (Fsp3) is 0.381. The minimum absolute atomic E-state index is 0.419. The van der Waals surface area contributed by atoms with Gasteiger partial charge in [-0.2, -0.15) is 0 Å². The van der Waals surface area contributed by atoms with Gasteiger partial charge in [-0.15, -0.1) is 0 Å². The van der Waals surface area contributed by atoms with E-state index >= 15 is 0 Å². The maximum Gasteiger partial charge on any atom is 0.127 e. The summed E-state index contributed by atoms with van der Waals surface area (Å²) >= 11 is 6.21. The molecule has 3 aliphatic rings. The summed E-state index contributed by atoms with van der Waals surface area (Å²) in [4.78, 5) is 7.19. The monoisotopic (exact) mass is 368 g/mol. The molecule has 0 N–H and O–H groups in total. The van der Waals surface area contributed by atoms with Crippen molar-refractivity contribution in [2.24, 2.45) is 0 Å². The summed E-state index contributed by atoms with van der Waals surface area (Å²) in [5.74, 6) is 1.79. The van der Waals surface area contributed by atoms with Gasteiger partial charge in [-0.3, -0.25) is 9.88 Å². The van der Waals surface area contributed by atoms with Crippen LogP contribution in [0.25, 0.3) is 6.08 Å². The molecule has 4 nitrogen and oxygen atoms in total. The number of methoxy groups -OCH3 is 1. The molecule has 0 aliphatic carbocycles. The molecule has 5 heteroatoms. The SMILES string of the molecule is COc1ccc2c(c1)C=C(CN1C3CCC1c1cc(Cl)cnc1C3)CO2. The van der Waals surface area contributed by atoms with E-state index in [9.17, 15) is 0 Å². The Morgan fingerprint density at radius 2 is 2.23 bits per heavy atom. The molecule has 0 amide bonds. The molecule has 2 bridgehead atoms. The summed E-state index contributed by atoms with van der Waals surface area (Å²) in [7, 11) is 1.69. The highest BCUT2D eigenvalue weighted by Gasteiger charge is 2.40. The number of fused-ring (bicyclic) bond motifs is 5. The van der Waals surface area contributed by atoms with Gasteiger partial charge in [0.25, 0.3) is 0 Å². The molecule has 2 aromatic rings. The molecule has 0 saturated carbocycles. The lowest BCUT2D eigenvalue weighted by Gasteiger charge is -2.36. The summed E-state index contributed by atoms with van der Waals surface area (Å²) < 4.78 is 11.3. The molecule has 0 radical (unpaired) electrons. The minimum atomic E-state index is 0.419. The van der Waals surface area contributed by atoms with E-state index in [1.807, 2.05) is 18.2 Å². The van der Waals surface area contributed by atoms with Crippen LogP contribution in [0.5, 0.6) is 11.5 Å². The molecule has 2 atom stereocenters. The van der Waals surface area contributed by atoms with Crippen molar-refractivity contribution in [2.75, 3.05) is 20.3 Å². The molecule has 1 saturated heterocycles. The average molecular weight is 369 g/mol. The first-order valence-corrected chi connectivity index (χ1v) is 9.49. The van der Waals surface area contributed by atoms with Crippen LogP contribution >= 0.6 is 11.6 Å². The molecule has 1 fully saturated rings. The summed E-state index contributed by atoms with van der Waals surface area (Å²) in [6, 6.07) is 9.05. The Balaban J connectivity index is 1.42. The van der Waals surface area contributed by atoms with Gasteiger partial charge in [-0.25, -0.2) is 0 Å². The van der Waals surface area contributed by atoms with Crippen molar-refractivity contribution in [3.05, 3.63) is 57.9 Å². The van der Waals surface area contributed by atoms with Crippen LogP contribution in [0.2, 0.25) is 5.02 Å². The first-order valence-electron chi connectivity index (χ1n) is 9.11. The third-order valence-electron chi connectivity index (χ3n) is 5.78. The van der Waals surface area contributed by atoms with Gasteiger partial charge in [-0.05, 0) is 54.3 Å². The molecule has 26 heavy (non-hydrogen) atoms. The van der Waals surface area contributed by atoms with Crippen molar-refractivity contribution in [3.8, 4) is 11.5 Å². The lowest BCUT2D eigenvalue weighted by Crippen LogP contribution is -2.39. The highest BCUT2D eigenvalue weighted by molar-refractivity contribution is 6.30.